The molecular weight excluding hydrogens is 464 g/mol. The summed E-state index contributed by atoms with van der Waals surface area (Å²) in [5, 5.41) is 5.76. The number of nitrogens with two attached hydrogens (primary N) is 1. The third kappa shape index (κ3) is 10.5. The summed E-state index contributed by atoms with van der Waals surface area (Å²) in [6, 6.07) is 5.91. The Kier molecular flexibility index (Phi) is 11.9. The maximum Gasteiger partial charge on any atom is 0.224 e. The summed E-state index contributed by atoms with van der Waals surface area (Å²) in [5.74, 6) is -0.0303. The normalized spacial score (nSPS) is 15.1. The first kappa shape index (κ1) is 23.6. The molecule has 152 valence electrons. The fourth-order valence-electron chi connectivity index (χ4n) is 2.62. The van der Waals surface area contributed by atoms with Crippen molar-refractivity contribution in [1.29, 1.82) is 0 Å². The minimum absolute atomic E-state index is 0. The lowest BCUT2D eigenvalue weighted by Crippen LogP contribution is -2.39. The summed E-state index contributed by atoms with van der Waals surface area (Å²) in [7, 11) is 0. The highest BCUT2D eigenvalue weighted by atomic mass is 127. The van der Waals surface area contributed by atoms with Crippen LogP contribution < -0.4 is 16.4 Å². The summed E-state index contributed by atoms with van der Waals surface area (Å²) in [5.41, 5.74) is 6.58. The SMILES string of the molecule is I.NC(=NCCCN1CCOCC1)NCCNC(=O)Cc1ccc(F)cc1. The van der Waals surface area contributed by atoms with Crippen molar-refractivity contribution in [3.8, 4) is 0 Å². The molecule has 1 heterocycles. The van der Waals surface area contributed by atoms with Crippen molar-refractivity contribution in [2.75, 3.05) is 52.5 Å². The summed E-state index contributed by atoms with van der Waals surface area (Å²) in [6.07, 6.45) is 1.18. The molecule has 0 spiro atoms. The number of nitrogens with one attached hydrogen (secondary N) is 2. The van der Waals surface area contributed by atoms with E-state index >= 15 is 0 Å². The summed E-state index contributed by atoms with van der Waals surface area (Å²) >= 11 is 0. The Balaban J connectivity index is 0.00000364. The van der Waals surface area contributed by atoms with Gasteiger partial charge in [-0.3, -0.25) is 14.7 Å². The molecule has 1 aliphatic heterocycles. The van der Waals surface area contributed by atoms with E-state index in [9.17, 15) is 9.18 Å². The average molecular weight is 493 g/mol. The molecule has 2 rings (SSSR count). The second-order valence-corrected chi connectivity index (χ2v) is 6.15. The highest BCUT2D eigenvalue weighted by Gasteiger charge is 2.08. The first-order valence-electron chi connectivity index (χ1n) is 8.98. The number of aliphatic imine (C=N–C) groups is 1. The smallest absolute Gasteiger partial charge is 0.224 e. The third-order valence-electron chi connectivity index (χ3n) is 4.05. The Bertz CT molecular complexity index is 580. The molecule has 0 atom stereocenters. The van der Waals surface area contributed by atoms with Crippen molar-refractivity contribution in [1.82, 2.24) is 15.5 Å². The molecule has 1 aromatic carbocycles. The molecule has 1 saturated heterocycles. The van der Waals surface area contributed by atoms with Crippen molar-refractivity contribution < 1.29 is 13.9 Å². The number of morpholine rings is 1. The number of amides is 1. The van der Waals surface area contributed by atoms with E-state index in [1.807, 2.05) is 0 Å². The Labute approximate surface area is 176 Å². The van der Waals surface area contributed by atoms with Crippen LogP contribution >= 0.6 is 24.0 Å². The molecule has 0 unspecified atom stereocenters. The van der Waals surface area contributed by atoms with Gasteiger partial charge in [0.15, 0.2) is 5.96 Å². The first-order chi connectivity index (χ1) is 12.6. The van der Waals surface area contributed by atoms with Crippen LogP contribution in [-0.2, 0) is 16.0 Å². The van der Waals surface area contributed by atoms with Crippen molar-refractivity contribution in [3.63, 3.8) is 0 Å². The third-order valence-corrected chi connectivity index (χ3v) is 4.05. The van der Waals surface area contributed by atoms with Crippen molar-refractivity contribution in [2.24, 2.45) is 10.7 Å². The lowest BCUT2D eigenvalue weighted by Gasteiger charge is -2.26. The van der Waals surface area contributed by atoms with Crippen LogP contribution in [0.15, 0.2) is 29.3 Å². The van der Waals surface area contributed by atoms with E-state index in [0.717, 1.165) is 44.8 Å². The number of rotatable bonds is 9. The van der Waals surface area contributed by atoms with Crippen LogP contribution in [-0.4, -0.2) is 69.2 Å². The number of halogens is 2. The van der Waals surface area contributed by atoms with Gasteiger partial charge < -0.3 is 21.1 Å². The summed E-state index contributed by atoms with van der Waals surface area (Å²) < 4.78 is 18.1. The number of guanidine groups is 1. The average Bonchev–Trinajstić information content (AvgIpc) is 2.65. The fraction of sp³-hybridized carbons (Fsp3) is 0.556. The van der Waals surface area contributed by atoms with Crippen LogP contribution in [0.3, 0.4) is 0 Å². The van der Waals surface area contributed by atoms with Gasteiger partial charge in [-0.1, -0.05) is 12.1 Å². The lowest BCUT2D eigenvalue weighted by atomic mass is 10.1. The molecule has 9 heteroatoms. The zero-order valence-corrected chi connectivity index (χ0v) is 17.8. The standard InChI is InChI=1S/C18H28FN5O2.HI/c19-16-4-2-15(3-5-16)14-17(25)21-7-8-23-18(20)22-6-1-9-24-10-12-26-13-11-24;/h2-5H,1,6-14H2,(H,21,25)(H3,20,22,23);1H. The lowest BCUT2D eigenvalue weighted by molar-refractivity contribution is -0.120. The predicted molar refractivity (Wildman–Crippen MR) is 115 cm³/mol. The van der Waals surface area contributed by atoms with Crippen LogP contribution in [0.5, 0.6) is 0 Å². The highest BCUT2D eigenvalue weighted by Crippen LogP contribution is 2.03. The zero-order chi connectivity index (χ0) is 18.6. The molecule has 27 heavy (non-hydrogen) atoms. The molecular formula is C18H29FIN5O2. The molecule has 1 amide bonds. The second-order valence-electron chi connectivity index (χ2n) is 6.15. The van der Waals surface area contributed by atoms with Crippen LogP contribution in [0.2, 0.25) is 0 Å². The van der Waals surface area contributed by atoms with Crippen LogP contribution in [0.1, 0.15) is 12.0 Å². The maximum atomic E-state index is 12.8. The largest absolute Gasteiger partial charge is 0.379 e. The van der Waals surface area contributed by atoms with E-state index in [2.05, 4.69) is 20.5 Å². The first-order valence-corrected chi connectivity index (χ1v) is 8.98. The molecule has 0 radical (unpaired) electrons. The van der Waals surface area contributed by atoms with Gasteiger partial charge in [-0.05, 0) is 24.1 Å². The zero-order valence-electron chi connectivity index (χ0n) is 15.5. The van der Waals surface area contributed by atoms with Gasteiger partial charge in [-0.15, -0.1) is 24.0 Å². The van der Waals surface area contributed by atoms with E-state index in [1.165, 1.54) is 12.1 Å². The van der Waals surface area contributed by atoms with Crippen molar-refractivity contribution in [3.05, 3.63) is 35.6 Å². The Hall–Kier alpha value is -1.46. The monoisotopic (exact) mass is 493 g/mol. The number of benzene rings is 1. The molecule has 7 nitrogen and oxygen atoms in total. The molecule has 1 aromatic rings. The number of hydrogen-bond donors (Lipinski definition) is 3. The van der Waals surface area contributed by atoms with Gasteiger partial charge in [0.05, 0.1) is 19.6 Å². The van der Waals surface area contributed by atoms with Gasteiger partial charge in [0.1, 0.15) is 5.82 Å². The minimum Gasteiger partial charge on any atom is -0.379 e. The maximum absolute atomic E-state index is 12.8. The molecule has 0 aromatic heterocycles. The molecule has 4 N–H and O–H groups in total. The summed E-state index contributed by atoms with van der Waals surface area (Å²) in [4.78, 5) is 18.4. The number of hydrogen-bond acceptors (Lipinski definition) is 4. The minimum atomic E-state index is -0.307. The van der Waals surface area contributed by atoms with Gasteiger partial charge in [-0.2, -0.15) is 0 Å². The van der Waals surface area contributed by atoms with Crippen LogP contribution in [0.25, 0.3) is 0 Å². The van der Waals surface area contributed by atoms with Gasteiger partial charge >= 0.3 is 0 Å². The van der Waals surface area contributed by atoms with E-state index in [4.69, 9.17) is 10.5 Å². The van der Waals surface area contributed by atoms with E-state index in [0.29, 0.717) is 25.6 Å². The van der Waals surface area contributed by atoms with Gasteiger partial charge in [0, 0.05) is 39.3 Å². The molecule has 0 bridgehead atoms. The number of carbonyl (C=O) groups is 1. The predicted octanol–water partition coefficient (Wildman–Crippen LogP) is 0.729. The molecule has 1 aliphatic rings. The van der Waals surface area contributed by atoms with E-state index < -0.39 is 0 Å². The van der Waals surface area contributed by atoms with Crippen LogP contribution in [0, 0.1) is 5.82 Å². The Morgan fingerprint density at radius 3 is 2.56 bits per heavy atom. The van der Waals surface area contributed by atoms with Crippen LogP contribution in [0.4, 0.5) is 4.39 Å². The van der Waals surface area contributed by atoms with E-state index in [-0.39, 0.29) is 42.1 Å². The van der Waals surface area contributed by atoms with Gasteiger partial charge in [0.2, 0.25) is 5.91 Å². The highest BCUT2D eigenvalue weighted by molar-refractivity contribution is 14.0. The van der Waals surface area contributed by atoms with Gasteiger partial charge in [-0.25, -0.2) is 4.39 Å². The molecule has 0 saturated carbocycles. The second kappa shape index (κ2) is 13.7. The topological polar surface area (TPSA) is 92.0 Å². The van der Waals surface area contributed by atoms with Crippen molar-refractivity contribution in [2.45, 2.75) is 12.8 Å². The fourth-order valence-corrected chi connectivity index (χ4v) is 2.62. The Morgan fingerprint density at radius 1 is 1.19 bits per heavy atom. The molecule has 1 fully saturated rings. The summed E-state index contributed by atoms with van der Waals surface area (Å²) in [6.45, 7) is 6.20. The number of carbonyl (C=O) groups excluding carboxylic acids is 1. The van der Waals surface area contributed by atoms with E-state index in [1.54, 1.807) is 12.1 Å². The van der Waals surface area contributed by atoms with Gasteiger partial charge in [0.25, 0.3) is 0 Å². The quantitative estimate of drug-likeness (QED) is 0.204. The Morgan fingerprint density at radius 2 is 1.85 bits per heavy atom. The number of nitrogens with zero attached hydrogens (tertiary/aromatic N) is 2. The molecule has 0 aliphatic carbocycles. The number of ether oxygens (including phenoxy) is 1. The van der Waals surface area contributed by atoms with Crippen molar-refractivity contribution >= 4 is 35.8 Å².